The molecule has 1 unspecified atom stereocenters. The number of morpholine rings is 1. The highest BCUT2D eigenvalue weighted by atomic mass is 35.5. The first kappa shape index (κ1) is 9.95. The minimum absolute atomic E-state index is 0. The van der Waals surface area contributed by atoms with Crippen molar-refractivity contribution in [1.82, 2.24) is 5.32 Å². The molecule has 1 N–H and O–H groups in total. The number of nitrogens with one attached hydrogen (secondary N) is 1. The second kappa shape index (κ2) is 5.71. The normalized spacial score (nSPS) is 25.0. The Hall–Kier alpha value is -0.0500. The first-order valence-electron chi connectivity index (χ1n) is 3.35. The van der Waals surface area contributed by atoms with E-state index < -0.39 is 0 Å². The van der Waals surface area contributed by atoms with Crippen LogP contribution in [0.1, 0.15) is 6.42 Å². The third kappa shape index (κ3) is 3.20. The van der Waals surface area contributed by atoms with Gasteiger partial charge < -0.3 is 10.1 Å². The summed E-state index contributed by atoms with van der Waals surface area (Å²) in [5.41, 5.74) is 0. The molecule has 0 bridgehead atoms. The Morgan fingerprint density at radius 2 is 2.50 bits per heavy atom. The Morgan fingerprint density at radius 1 is 1.70 bits per heavy atom. The van der Waals surface area contributed by atoms with Gasteiger partial charge >= 0.3 is 0 Å². The van der Waals surface area contributed by atoms with Crippen molar-refractivity contribution in [3.8, 4) is 0 Å². The average Bonchev–Trinajstić information content (AvgIpc) is 1.91. The maximum Gasteiger partial charge on any atom is 0.0623 e. The molecular formula is C7H14ClNO. The molecular weight excluding hydrogens is 150 g/mol. The van der Waals surface area contributed by atoms with Gasteiger partial charge in [0.1, 0.15) is 0 Å². The zero-order valence-corrected chi connectivity index (χ0v) is 6.82. The van der Waals surface area contributed by atoms with Gasteiger partial charge in [0.15, 0.2) is 0 Å². The maximum atomic E-state index is 5.22. The molecule has 1 rings (SSSR count). The molecule has 0 aliphatic carbocycles. The van der Waals surface area contributed by atoms with Gasteiger partial charge in [0.05, 0.1) is 13.2 Å². The second-order valence-electron chi connectivity index (χ2n) is 2.25. The molecule has 10 heavy (non-hydrogen) atoms. The van der Waals surface area contributed by atoms with Crippen LogP contribution < -0.4 is 5.32 Å². The highest BCUT2D eigenvalue weighted by Gasteiger charge is 2.09. The number of halogens is 1. The third-order valence-electron chi connectivity index (χ3n) is 1.45. The Kier molecular flexibility index (Phi) is 5.69. The number of hydrogen-bond donors (Lipinski definition) is 1. The summed E-state index contributed by atoms with van der Waals surface area (Å²) in [6.07, 6.45) is 2.94. The standard InChI is InChI=1S/C7H13NO.ClH/c1-2-3-7-6-9-5-4-8-7;/h2,7-8H,1,3-6H2;1H. The highest BCUT2D eigenvalue weighted by Crippen LogP contribution is 1.97. The van der Waals surface area contributed by atoms with E-state index in [0.29, 0.717) is 6.04 Å². The average molecular weight is 164 g/mol. The topological polar surface area (TPSA) is 21.3 Å². The molecule has 0 aromatic carbocycles. The van der Waals surface area contributed by atoms with Crippen molar-refractivity contribution in [3.05, 3.63) is 12.7 Å². The van der Waals surface area contributed by atoms with Crippen molar-refractivity contribution >= 4 is 12.4 Å². The van der Waals surface area contributed by atoms with Gasteiger partial charge in [-0.3, -0.25) is 0 Å². The van der Waals surface area contributed by atoms with Crippen LogP contribution in [0, 0.1) is 0 Å². The first-order chi connectivity index (χ1) is 4.43. The van der Waals surface area contributed by atoms with Gasteiger partial charge in [-0.1, -0.05) is 6.08 Å². The second-order valence-corrected chi connectivity index (χ2v) is 2.25. The minimum Gasteiger partial charge on any atom is -0.379 e. The van der Waals surface area contributed by atoms with Gasteiger partial charge in [-0.2, -0.15) is 0 Å². The molecule has 1 aliphatic rings. The molecule has 0 spiro atoms. The van der Waals surface area contributed by atoms with Crippen molar-refractivity contribution < 1.29 is 4.74 Å². The maximum absolute atomic E-state index is 5.22. The highest BCUT2D eigenvalue weighted by molar-refractivity contribution is 5.85. The molecule has 60 valence electrons. The zero-order chi connectivity index (χ0) is 6.53. The van der Waals surface area contributed by atoms with E-state index in [1.54, 1.807) is 0 Å². The monoisotopic (exact) mass is 163 g/mol. The van der Waals surface area contributed by atoms with E-state index >= 15 is 0 Å². The first-order valence-corrected chi connectivity index (χ1v) is 3.35. The molecule has 1 atom stereocenters. The van der Waals surface area contributed by atoms with Crippen LogP contribution in [0.3, 0.4) is 0 Å². The third-order valence-corrected chi connectivity index (χ3v) is 1.45. The quantitative estimate of drug-likeness (QED) is 0.613. The summed E-state index contributed by atoms with van der Waals surface area (Å²) in [7, 11) is 0. The van der Waals surface area contributed by atoms with E-state index in [2.05, 4.69) is 11.9 Å². The minimum atomic E-state index is 0. The number of hydrogen-bond acceptors (Lipinski definition) is 2. The van der Waals surface area contributed by atoms with E-state index in [1.807, 2.05) is 6.08 Å². The molecule has 3 heteroatoms. The summed E-state index contributed by atoms with van der Waals surface area (Å²) >= 11 is 0. The predicted molar refractivity (Wildman–Crippen MR) is 44.7 cm³/mol. The molecule has 1 fully saturated rings. The van der Waals surface area contributed by atoms with Gasteiger partial charge in [0.25, 0.3) is 0 Å². The van der Waals surface area contributed by atoms with Gasteiger partial charge in [-0.05, 0) is 6.42 Å². The summed E-state index contributed by atoms with van der Waals surface area (Å²) in [6, 6.07) is 0.510. The van der Waals surface area contributed by atoms with Crippen molar-refractivity contribution in [2.75, 3.05) is 19.8 Å². The Balaban J connectivity index is 0.000000810. The van der Waals surface area contributed by atoms with Crippen LogP contribution in [0.2, 0.25) is 0 Å². The van der Waals surface area contributed by atoms with E-state index in [0.717, 1.165) is 26.2 Å². The van der Waals surface area contributed by atoms with Gasteiger partial charge in [0, 0.05) is 12.6 Å². The van der Waals surface area contributed by atoms with Crippen LogP contribution in [0.15, 0.2) is 12.7 Å². The largest absolute Gasteiger partial charge is 0.379 e. The molecule has 0 radical (unpaired) electrons. The lowest BCUT2D eigenvalue weighted by Crippen LogP contribution is -2.40. The number of rotatable bonds is 2. The lowest BCUT2D eigenvalue weighted by atomic mass is 10.2. The predicted octanol–water partition coefficient (Wildman–Crippen LogP) is 0.973. The van der Waals surface area contributed by atoms with Crippen LogP contribution in [0.25, 0.3) is 0 Å². The molecule has 1 heterocycles. The lowest BCUT2D eigenvalue weighted by molar-refractivity contribution is 0.0778. The molecule has 0 aromatic heterocycles. The lowest BCUT2D eigenvalue weighted by Gasteiger charge is -2.22. The number of ether oxygens (including phenoxy) is 1. The fourth-order valence-corrected chi connectivity index (χ4v) is 0.972. The van der Waals surface area contributed by atoms with Crippen LogP contribution >= 0.6 is 12.4 Å². The van der Waals surface area contributed by atoms with Gasteiger partial charge in [0.2, 0.25) is 0 Å². The van der Waals surface area contributed by atoms with Crippen LogP contribution in [0.4, 0.5) is 0 Å². The summed E-state index contributed by atoms with van der Waals surface area (Å²) < 4.78 is 5.22. The van der Waals surface area contributed by atoms with E-state index in [1.165, 1.54) is 0 Å². The van der Waals surface area contributed by atoms with Crippen LogP contribution in [0.5, 0.6) is 0 Å². The van der Waals surface area contributed by atoms with E-state index in [9.17, 15) is 0 Å². The smallest absolute Gasteiger partial charge is 0.0623 e. The van der Waals surface area contributed by atoms with Gasteiger partial charge in [-0.25, -0.2) is 0 Å². The molecule has 1 aliphatic heterocycles. The fraction of sp³-hybridized carbons (Fsp3) is 0.714. The summed E-state index contributed by atoms with van der Waals surface area (Å²) in [5, 5.41) is 3.32. The Morgan fingerprint density at radius 3 is 3.00 bits per heavy atom. The molecule has 0 amide bonds. The summed E-state index contributed by atoms with van der Waals surface area (Å²) in [4.78, 5) is 0. The fourth-order valence-electron chi connectivity index (χ4n) is 0.972. The molecule has 0 saturated carbocycles. The van der Waals surface area contributed by atoms with Crippen LogP contribution in [-0.4, -0.2) is 25.8 Å². The molecule has 0 aromatic rings. The van der Waals surface area contributed by atoms with Crippen molar-refractivity contribution in [1.29, 1.82) is 0 Å². The summed E-state index contributed by atoms with van der Waals surface area (Å²) in [5.74, 6) is 0. The zero-order valence-electron chi connectivity index (χ0n) is 6.01. The van der Waals surface area contributed by atoms with Gasteiger partial charge in [-0.15, -0.1) is 19.0 Å². The van der Waals surface area contributed by atoms with Crippen LogP contribution in [-0.2, 0) is 4.74 Å². The SMILES string of the molecule is C=CCC1COCCN1.Cl. The Labute approximate surface area is 68.0 Å². The molecule has 1 saturated heterocycles. The Bertz CT molecular complexity index is 91.6. The summed E-state index contributed by atoms with van der Waals surface area (Å²) in [6.45, 7) is 6.34. The van der Waals surface area contributed by atoms with E-state index in [4.69, 9.17) is 4.74 Å². The van der Waals surface area contributed by atoms with E-state index in [-0.39, 0.29) is 12.4 Å². The molecule has 2 nitrogen and oxygen atoms in total. The van der Waals surface area contributed by atoms with Crippen molar-refractivity contribution in [2.24, 2.45) is 0 Å². The van der Waals surface area contributed by atoms with Crippen molar-refractivity contribution in [2.45, 2.75) is 12.5 Å². The van der Waals surface area contributed by atoms with Crippen molar-refractivity contribution in [3.63, 3.8) is 0 Å².